The molecule has 1 aliphatic heterocycles. The van der Waals surface area contributed by atoms with E-state index in [1.807, 2.05) is 6.07 Å². The summed E-state index contributed by atoms with van der Waals surface area (Å²) in [4.78, 5) is 29.4. The zero-order chi connectivity index (χ0) is 25.8. The van der Waals surface area contributed by atoms with E-state index < -0.39 is 47.1 Å². The number of alkyl halides is 3. The molecule has 1 aliphatic carbocycles. The van der Waals surface area contributed by atoms with Crippen molar-refractivity contribution < 1.29 is 32.3 Å². The number of benzene rings is 2. The second kappa shape index (κ2) is 8.34. The first-order valence-electron chi connectivity index (χ1n) is 11.0. The van der Waals surface area contributed by atoms with Gasteiger partial charge in [-0.15, -0.1) is 0 Å². The number of piperazine rings is 1. The molecule has 1 saturated heterocycles. The van der Waals surface area contributed by atoms with Gasteiger partial charge < -0.3 is 10.0 Å². The number of hydrogen-bond acceptors (Lipinski definition) is 4. The van der Waals surface area contributed by atoms with Gasteiger partial charge in [0.05, 0.1) is 28.5 Å². The molecule has 184 valence electrons. The smallest absolute Gasteiger partial charge is 0.390 e. The largest absolute Gasteiger partial charge is 0.416 e. The second-order valence-corrected chi connectivity index (χ2v) is 9.63. The van der Waals surface area contributed by atoms with Crippen LogP contribution in [-0.2, 0) is 22.3 Å². The van der Waals surface area contributed by atoms with Gasteiger partial charge in [0.1, 0.15) is 17.9 Å². The minimum Gasteiger partial charge on any atom is -0.390 e. The van der Waals surface area contributed by atoms with Crippen molar-refractivity contribution in [2.24, 2.45) is 5.92 Å². The van der Waals surface area contributed by atoms with Crippen LogP contribution in [-0.4, -0.2) is 39.5 Å². The number of carbonyl (C=O) groups is 2. The third kappa shape index (κ3) is 4.36. The number of nitrogens with zero attached hydrogens (tertiary/aromatic N) is 3. The Labute approximate surface area is 199 Å². The normalized spacial score (nSPS) is 22.9. The first-order chi connectivity index (χ1) is 16.3. The summed E-state index contributed by atoms with van der Waals surface area (Å²) in [5.41, 5.74) is -3.00. The van der Waals surface area contributed by atoms with E-state index in [0.717, 1.165) is 23.1 Å². The minimum absolute atomic E-state index is 0.0615. The highest BCUT2D eigenvalue weighted by atomic mass is 19.4. The maximum atomic E-state index is 14.7. The summed E-state index contributed by atoms with van der Waals surface area (Å²) >= 11 is 0. The first-order valence-corrected chi connectivity index (χ1v) is 11.0. The lowest BCUT2D eigenvalue weighted by molar-refractivity contribution is -0.171. The predicted octanol–water partition coefficient (Wildman–Crippen LogP) is 4.01. The van der Waals surface area contributed by atoms with Crippen LogP contribution in [0.15, 0.2) is 42.5 Å². The zero-order valence-electron chi connectivity index (χ0n) is 19.1. The van der Waals surface area contributed by atoms with E-state index in [9.17, 15) is 32.3 Å². The van der Waals surface area contributed by atoms with Crippen molar-refractivity contribution in [2.45, 2.75) is 50.6 Å². The van der Waals surface area contributed by atoms with Crippen molar-refractivity contribution in [3.05, 3.63) is 65.0 Å². The lowest BCUT2D eigenvalue weighted by Gasteiger charge is -2.59. The van der Waals surface area contributed by atoms with E-state index in [1.54, 1.807) is 13.8 Å². The van der Waals surface area contributed by atoms with Crippen LogP contribution in [0.5, 0.6) is 0 Å². The van der Waals surface area contributed by atoms with Crippen molar-refractivity contribution in [3.8, 4) is 6.07 Å². The summed E-state index contributed by atoms with van der Waals surface area (Å²) in [5, 5.41) is 19.4. The van der Waals surface area contributed by atoms with Crippen LogP contribution in [0.4, 0.5) is 23.2 Å². The summed E-state index contributed by atoms with van der Waals surface area (Å²) in [6.45, 7) is 2.62. The van der Waals surface area contributed by atoms with Gasteiger partial charge in [0.15, 0.2) is 0 Å². The molecule has 0 bridgehead atoms. The van der Waals surface area contributed by atoms with Gasteiger partial charge >= 0.3 is 6.18 Å². The molecule has 10 heteroatoms. The van der Waals surface area contributed by atoms with Crippen molar-refractivity contribution in [2.75, 3.05) is 11.4 Å². The van der Waals surface area contributed by atoms with Gasteiger partial charge in [-0.25, -0.2) is 4.39 Å². The fourth-order valence-electron chi connectivity index (χ4n) is 4.76. The van der Waals surface area contributed by atoms with Gasteiger partial charge in [0.25, 0.3) is 5.91 Å². The molecule has 2 fully saturated rings. The summed E-state index contributed by atoms with van der Waals surface area (Å²) < 4.78 is 53.5. The number of carbonyl (C=O) groups excluding carboxylic acids is 2. The molecule has 0 atom stereocenters. The van der Waals surface area contributed by atoms with Crippen molar-refractivity contribution in [3.63, 3.8) is 0 Å². The average Bonchev–Trinajstić information content (AvgIpc) is 2.74. The minimum atomic E-state index is -4.50. The summed E-state index contributed by atoms with van der Waals surface area (Å²) in [6.07, 6.45) is -4.26. The lowest BCUT2D eigenvalue weighted by Crippen LogP contribution is -2.74. The lowest BCUT2D eigenvalue weighted by atomic mass is 9.60. The summed E-state index contributed by atoms with van der Waals surface area (Å²) in [5.74, 6) is -2.18. The average molecular weight is 489 g/mol. The molecule has 35 heavy (non-hydrogen) atoms. The Morgan fingerprint density at radius 1 is 1.11 bits per heavy atom. The SMILES string of the molecule is CC(C)(O)[C@H]1C[C@]2(C1)C(=O)N(c1ccc(C#N)cc1F)CC(=O)N2Cc1ccc(C(F)(F)F)cc1. The van der Waals surface area contributed by atoms with Crippen LogP contribution in [0, 0.1) is 23.1 Å². The van der Waals surface area contributed by atoms with E-state index in [-0.39, 0.29) is 36.6 Å². The predicted molar refractivity (Wildman–Crippen MR) is 117 cm³/mol. The molecule has 1 N–H and O–H groups in total. The van der Waals surface area contributed by atoms with Gasteiger partial charge in [-0.3, -0.25) is 14.5 Å². The van der Waals surface area contributed by atoms with E-state index in [2.05, 4.69) is 0 Å². The van der Waals surface area contributed by atoms with Crippen LogP contribution in [0.3, 0.4) is 0 Å². The Kier molecular flexibility index (Phi) is 5.88. The standard InChI is InChI=1S/C25H23F4N3O3/c1-23(2,35)18-10-24(11-18)22(34)31(20-8-5-16(12-30)9-19(20)26)14-21(33)32(24)13-15-3-6-17(7-4-15)25(27,28)29/h3-9,18,35H,10-11,13-14H2,1-2H3/t18-,24-. The monoisotopic (exact) mass is 489 g/mol. The van der Waals surface area contributed by atoms with Gasteiger partial charge in [0, 0.05) is 6.54 Å². The highest BCUT2D eigenvalue weighted by molar-refractivity contribution is 6.09. The highest BCUT2D eigenvalue weighted by Gasteiger charge is 2.62. The molecule has 2 aliphatic rings. The number of anilines is 1. The molecule has 0 unspecified atom stereocenters. The molecule has 1 heterocycles. The third-order valence-corrected chi connectivity index (χ3v) is 6.91. The zero-order valence-corrected chi connectivity index (χ0v) is 19.1. The number of nitriles is 1. The first kappa shape index (κ1) is 24.7. The maximum Gasteiger partial charge on any atom is 0.416 e. The molecular formula is C25H23F4N3O3. The fourth-order valence-corrected chi connectivity index (χ4v) is 4.76. The van der Waals surface area contributed by atoms with E-state index >= 15 is 0 Å². The Morgan fingerprint density at radius 2 is 1.74 bits per heavy atom. The van der Waals surface area contributed by atoms with Gasteiger partial charge in [-0.2, -0.15) is 18.4 Å². The molecule has 2 aromatic carbocycles. The van der Waals surface area contributed by atoms with Crippen LogP contribution < -0.4 is 4.90 Å². The maximum absolute atomic E-state index is 14.7. The molecule has 2 aromatic rings. The quantitative estimate of drug-likeness (QED) is 0.658. The number of amides is 2. The molecule has 1 spiro atoms. The second-order valence-electron chi connectivity index (χ2n) is 9.63. The highest BCUT2D eigenvalue weighted by Crippen LogP contribution is 2.51. The van der Waals surface area contributed by atoms with E-state index in [1.165, 1.54) is 29.2 Å². The molecule has 6 nitrogen and oxygen atoms in total. The molecule has 4 rings (SSSR count). The number of rotatable bonds is 4. The van der Waals surface area contributed by atoms with Crippen LogP contribution in [0.1, 0.15) is 43.4 Å². The van der Waals surface area contributed by atoms with Gasteiger partial charge in [0.2, 0.25) is 5.91 Å². The number of hydrogen-bond donors (Lipinski definition) is 1. The van der Waals surface area contributed by atoms with Crippen molar-refractivity contribution in [1.82, 2.24) is 4.90 Å². The van der Waals surface area contributed by atoms with Crippen LogP contribution >= 0.6 is 0 Å². The topological polar surface area (TPSA) is 84.6 Å². The van der Waals surface area contributed by atoms with E-state index in [4.69, 9.17) is 5.26 Å². The van der Waals surface area contributed by atoms with Crippen molar-refractivity contribution >= 4 is 17.5 Å². The Balaban J connectivity index is 1.68. The molecule has 1 saturated carbocycles. The fraction of sp³-hybridized carbons (Fsp3) is 0.400. The molecule has 0 radical (unpaired) electrons. The summed E-state index contributed by atoms with van der Waals surface area (Å²) in [7, 11) is 0. The Hall–Kier alpha value is -3.45. The Bertz CT molecular complexity index is 1210. The number of halogens is 4. The number of aliphatic hydroxyl groups is 1. The summed E-state index contributed by atoms with van der Waals surface area (Å²) in [6, 6.07) is 9.75. The van der Waals surface area contributed by atoms with E-state index in [0.29, 0.717) is 5.56 Å². The van der Waals surface area contributed by atoms with Crippen LogP contribution in [0.2, 0.25) is 0 Å². The van der Waals surface area contributed by atoms with Gasteiger partial charge in [-0.1, -0.05) is 12.1 Å². The van der Waals surface area contributed by atoms with Gasteiger partial charge in [-0.05, 0) is 68.5 Å². The van der Waals surface area contributed by atoms with Crippen molar-refractivity contribution in [1.29, 1.82) is 5.26 Å². The van der Waals surface area contributed by atoms with Crippen LogP contribution in [0.25, 0.3) is 0 Å². The third-order valence-electron chi connectivity index (χ3n) is 6.91. The Morgan fingerprint density at radius 3 is 2.26 bits per heavy atom. The molecule has 2 amide bonds. The molecular weight excluding hydrogens is 466 g/mol. The molecule has 0 aromatic heterocycles.